The van der Waals surface area contributed by atoms with Crippen molar-refractivity contribution in [2.24, 2.45) is 0 Å². The molecule has 0 bridgehead atoms. The zero-order valence-corrected chi connectivity index (χ0v) is 15.0. The highest BCUT2D eigenvalue weighted by Gasteiger charge is 2.30. The number of hydrogen-bond acceptors (Lipinski definition) is 2. The van der Waals surface area contributed by atoms with E-state index in [0.717, 1.165) is 12.8 Å². The van der Waals surface area contributed by atoms with Crippen molar-refractivity contribution >= 4 is 5.91 Å². The van der Waals surface area contributed by atoms with Crippen molar-refractivity contribution in [3.05, 3.63) is 28.8 Å². The van der Waals surface area contributed by atoms with E-state index in [4.69, 9.17) is 4.74 Å². The summed E-state index contributed by atoms with van der Waals surface area (Å²) in [7, 11) is 1.63. The van der Waals surface area contributed by atoms with Gasteiger partial charge in [0, 0.05) is 6.04 Å². The highest BCUT2D eigenvalue weighted by Crippen LogP contribution is 2.38. The maximum absolute atomic E-state index is 12.5. The van der Waals surface area contributed by atoms with Crippen LogP contribution in [0.5, 0.6) is 5.75 Å². The third kappa shape index (κ3) is 3.63. The summed E-state index contributed by atoms with van der Waals surface area (Å²) in [6.07, 6.45) is 2.17. The number of amides is 1. The largest absolute Gasteiger partial charge is 0.496 e. The number of carbonyl (C=O) groups is 1. The molecule has 0 heterocycles. The molecule has 0 aliphatic heterocycles. The van der Waals surface area contributed by atoms with Crippen molar-refractivity contribution in [3.8, 4) is 5.75 Å². The minimum absolute atomic E-state index is 0.00138. The van der Waals surface area contributed by atoms with Gasteiger partial charge in [0.25, 0.3) is 5.91 Å². The second-order valence-corrected chi connectivity index (χ2v) is 8.35. The summed E-state index contributed by atoms with van der Waals surface area (Å²) in [6.45, 7) is 13.1. The molecule has 1 aromatic carbocycles. The van der Waals surface area contributed by atoms with Crippen molar-refractivity contribution in [1.82, 2.24) is 5.32 Å². The Bertz CT molecular complexity index is 572. The molecule has 0 radical (unpaired) electrons. The predicted molar refractivity (Wildman–Crippen MR) is 90.9 cm³/mol. The monoisotopic (exact) mass is 303 g/mol. The van der Waals surface area contributed by atoms with Gasteiger partial charge < -0.3 is 10.1 Å². The van der Waals surface area contributed by atoms with Gasteiger partial charge in [-0.2, -0.15) is 0 Å². The fraction of sp³-hybridized carbons (Fsp3) is 0.632. The molecule has 0 saturated heterocycles. The molecular formula is C19H29NO2. The fourth-order valence-electron chi connectivity index (χ4n) is 2.66. The normalized spacial score (nSPS) is 15.6. The van der Waals surface area contributed by atoms with Crippen LogP contribution < -0.4 is 10.1 Å². The quantitative estimate of drug-likeness (QED) is 0.909. The lowest BCUT2D eigenvalue weighted by Crippen LogP contribution is -2.28. The van der Waals surface area contributed by atoms with Crippen LogP contribution in [0.3, 0.4) is 0 Å². The van der Waals surface area contributed by atoms with Gasteiger partial charge in [0.05, 0.1) is 12.7 Å². The van der Waals surface area contributed by atoms with Crippen LogP contribution in [0.2, 0.25) is 0 Å². The molecule has 1 fully saturated rings. The number of benzene rings is 1. The Hall–Kier alpha value is -1.51. The summed E-state index contributed by atoms with van der Waals surface area (Å²) < 4.78 is 5.51. The summed E-state index contributed by atoms with van der Waals surface area (Å²) in [5.41, 5.74) is 3.07. The number of carbonyl (C=O) groups excluding carboxylic acids is 1. The van der Waals surface area contributed by atoms with Gasteiger partial charge in [-0.25, -0.2) is 0 Å². The lowest BCUT2D eigenvalue weighted by Gasteiger charge is -2.31. The molecule has 0 spiro atoms. The molecule has 1 amide bonds. The third-order valence-corrected chi connectivity index (χ3v) is 4.11. The maximum Gasteiger partial charge on any atom is 0.255 e. The molecule has 1 saturated carbocycles. The molecule has 3 nitrogen and oxygen atoms in total. The number of nitrogens with one attached hydrogen (secondary N) is 1. The van der Waals surface area contributed by atoms with Crippen LogP contribution in [-0.2, 0) is 10.8 Å². The van der Waals surface area contributed by atoms with Crippen molar-refractivity contribution in [3.63, 3.8) is 0 Å². The van der Waals surface area contributed by atoms with E-state index in [9.17, 15) is 4.79 Å². The zero-order valence-electron chi connectivity index (χ0n) is 15.0. The van der Waals surface area contributed by atoms with Crippen LogP contribution in [0, 0.1) is 0 Å². The van der Waals surface area contributed by atoms with Gasteiger partial charge in [0.15, 0.2) is 0 Å². The molecule has 1 aliphatic rings. The smallest absolute Gasteiger partial charge is 0.255 e. The van der Waals surface area contributed by atoms with Gasteiger partial charge >= 0.3 is 0 Å². The first kappa shape index (κ1) is 16.9. The maximum atomic E-state index is 12.5. The first-order valence-electron chi connectivity index (χ1n) is 8.08. The Morgan fingerprint density at radius 1 is 1.05 bits per heavy atom. The second kappa shape index (κ2) is 5.60. The Labute approximate surface area is 134 Å². The number of rotatable bonds is 3. The molecule has 1 aromatic rings. The average molecular weight is 303 g/mol. The highest BCUT2D eigenvalue weighted by atomic mass is 16.5. The van der Waals surface area contributed by atoms with E-state index < -0.39 is 0 Å². The lowest BCUT2D eigenvalue weighted by molar-refractivity contribution is 0.0948. The minimum atomic E-state index is -0.0243. The molecule has 22 heavy (non-hydrogen) atoms. The van der Waals surface area contributed by atoms with E-state index in [1.807, 2.05) is 12.1 Å². The van der Waals surface area contributed by atoms with Crippen LogP contribution in [0.15, 0.2) is 12.1 Å². The summed E-state index contributed by atoms with van der Waals surface area (Å²) in [4.78, 5) is 12.5. The molecule has 0 aromatic heterocycles. The first-order chi connectivity index (χ1) is 10.0. The SMILES string of the molecule is COc1cc(C(C)(C)C)c(C(C)(C)C)cc1C(=O)NC1CC1. The van der Waals surface area contributed by atoms with Gasteiger partial charge in [-0.15, -0.1) is 0 Å². The van der Waals surface area contributed by atoms with Crippen molar-refractivity contribution in [1.29, 1.82) is 0 Å². The van der Waals surface area contributed by atoms with Gasteiger partial charge in [-0.1, -0.05) is 41.5 Å². The summed E-state index contributed by atoms with van der Waals surface area (Å²) in [5.74, 6) is 0.640. The van der Waals surface area contributed by atoms with Crippen LogP contribution in [0.4, 0.5) is 0 Å². The van der Waals surface area contributed by atoms with Crippen LogP contribution in [0.25, 0.3) is 0 Å². The summed E-state index contributed by atoms with van der Waals surface area (Å²) in [6, 6.07) is 4.41. The summed E-state index contributed by atoms with van der Waals surface area (Å²) in [5, 5.41) is 3.06. The third-order valence-electron chi connectivity index (χ3n) is 4.11. The average Bonchev–Trinajstić information content (AvgIpc) is 3.18. The Morgan fingerprint density at radius 2 is 1.55 bits per heavy atom. The molecule has 122 valence electrons. The number of hydrogen-bond donors (Lipinski definition) is 1. The number of methoxy groups -OCH3 is 1. The van der Waals surface area contributed by atoms with Gasteiger partial charge in [0.2, 0.25) is 0 Å². The molecule has 0 atom stereocenters. The van der Waals surface area contributed by atoms with E-state index in [0.29, 0.717) is 17.4 Å². The fourth-order valence-corrected chi connectivity index (χ4v) is 2.66. The topological polar surface area (TPSA) is 38.3 Å². The van der Waals surface area contributed by atoms with E-state index >= 15 is 0 Å². The second-order valence-electron chi connectivity index (χ2n) is 8.35. The molecule has 1 aliphatic carbocycles. The molecule has 1 N–H and O–H groups in total. The van der Waals surface area contributed by atoms with E-state index in [2.05, 4.69) is 46.9 Å². The van der Waals surface area contributed by atoms with Gasteiger partial charge in [-0.3, -0.25) is 4.79 Å². The minimum Gasteiger partial charge on any atom is -0.496 e. The van der Waals surface area contributed by atoms with Gasteiger partial charge in [-0.05, 0) is 46.9 Å². The van der Waals surface area contributed by atoms with E-state index in [1.165, 1.54) is 11.1 Å². The molecular weight excluding hydrogens is 274 g/mol. The van der Waals surface area contributed by atoms with Crippen molar-refractivity contribution in [2.45, 2.75) is 71.3 Å². The Kier molecular flexibility index (Phi) is 4.29. The Morgan fingerprint density at radius 3 is 1.95 bits per heavy atom. The van der Waals surface area contributed by atoms with E-state index in [-0.39, 0.29) is 16.7 Å². The summed E-state index contributed by atoms with van der Waals surface area (Å²) >= 11 is 0. The Balaban J connectivity index is 2.56. The molecule has 0 unspecified atom stereocenters. The zero-order chi connectivity index (χ0) is 16.7. The highest BCUT2D eigenvalue weighted by molar-refractivity contribution is 5.97. The number of ether oxygens (including phenoxy) is 1. The molecule has 2 rings (SSSR count). The lowest BCUT2D eigenvalue weighted by atomic mass is 9.74. The van der Waals surface area contributed by atoms with Crippen molar-refractivity contribution in [2.75, 3.05) is 7.11 Å². The standard InChI is InChI=1S/C19H29NO2/c1-18(2,3)14-10-13(17(21)20-12-8-9-12)16(22-7)11-15(14)19(4,5)6/h10-12H,8-9H2,1-7H3,(H,20,21). The first-order valence-corrected chi connectivity index (χ1v) is 8.08. The van der Waals surface area contributed by atoms with Crippen molar-refractivity contribution < 1.29 is 9.53 Å². The van der Waals surface area contributed by atoms with E-state index in [1.54, 1.807) is 7.11 Å². The molecule has 3 heteroatoms. The predicted octanol–water partition coefficient (Wildman–Crippen LogP) is 4.18. The van der Waals surface area contributed by atoms with Crippen LogP contribution in [0.1, 0.15) is 75.9 Å². The van der Waals surface area contributed by atoms with Gasteiger partial charge in [0.1, 0.15) is 5.75 Å². The van der Waals surface area contributed by atoms with Crippen LogP contribution in [-0.4, -0.2) is 19.1 Å². The van der Waals surface area contributed by atoms with Crippen LogP contribution >= 0.6 is 0 Å².